The molecule has 0 spiro atoms. The maximum Gasteiger partial charge on any atom is 0.344 e. The highest BCUT2D eigenvalue weighted by atomic mass is 79.9. The first kappa shape index (κ1) is 19.3. The molecular weight excluding hydrogens is 466 g/mol. The van der Waals surface area contributed by atoms with Crippen LogP contribution in [-0.2, 0) is 14.3 Å². The van der Waals surface area contributed by atoms with Gasteiger partial charge in [-0.15, -0.1) is 0 Å². The Morgan fingerprint density at radius 2 is 1.88 bits per heavy atom. The van der Waals surface area contributed by atoms with Gasteiger partial charge in [0.15, 0.2) is 18.3 Å². The summed E-state index contributed by atoms with van der Waals surface area (Å²) in [6, 6.07) is 2.78. The number of carbonyl (C=O) groups is 2. The first-order valence-corrected chi connectivity index (χ1v) is 8.93. The van der Waals surface area contributed by atoms with Crippen molar-refractivity contribution in [3.8, 4) is 5.75 Å². The Hall–Kier alpha value is -1.06. The van der Waals surface area contributed by atoms with Crippen LogP contribution in [0.4, 0.5) is 5.13 Å². The van der Waals surface area contributed by atoms with Gasteiger partial charge < -0.3 is 9.47 Å². The molecule has 0 saturated heterocycles. The molecule has 24 heavy (non-hydrogen) atoms. The second-order valence-electron chi connectivity index (χ2n) is 4.16. The van der Waals surface area contributed by atoms with Crippen LogP contribution >= 0.6 is 62.1 Å². The van der Waals surface area contributed by atoms with E-state index in [9.17, 15) is 9.59 Å². The number of nitrogens with one attached hydrogen (secondary N) is 1. The van der Waals surface area contributed by atoms with E-state index in [1.54, 1.807) is 6.20 Å². The maximum absolute atomic E-state index is 11.6. The molecule has 6 nitrogen and oxygen atoms in total. The Bertz CT molecular complexity index is 772. The van der Waals surface area contributed by atoms with Crippen molar-refractivity contribution in [2.45, 2.75) is 0 Å². The number of ether oxygens (including phenoxy) is 2. The molecule has 0 atom stereocenters. The molecule has 1 aromatic carbocycles. The number of benzene rings is 1. The molecule has 0 unspecified atom stereocenters. The van der Waals surface area contributed by atoms with Gasteiger partial charge in [0, 0.05) is 6.07 Å². The van der Waals surface area contributed by atoms with Crippen LogP contribution in [0.5, 0.6) is 5.75 Å². The third kappa shape index (κ3) is 5.78. The summed E-state index contributed by atoms with van der Waals surface area (Å²) in [6.07, 6.45) is 1.54. The molecule has 1 N–H and O–H groups in total. The van der Waals surface area contributed by atoms with Crippen LogP contribution in [0.15, 0.2) is 22.1 Å². The standard InChI is InChI=1S/C13H8BrCl3N2O4S/c14-10-3-18-13(24-10)19-11(20)4-23-12(21)5-22-9-2-7(16)6(15)1-8(9)17/h1-3H,4-5H2,(H,18,19,20). The van der Waals surface area contributed by atoms with Gasteiger partial charge in [0.25, 0.3) is 5.91 Å². The van der Waals surface area contributed by atoms with Crippen molar-refractivity contribution in [1.82, 2.24) is 4.98 Å². The van der Waals surface area contributed by atoms with Crippen molar-refractivity contribution in [3.05, 3.63) is 37.2 Å². The molecule has 0 radical (unpaired) electrons. The number of amides is 1. The first-order valence-electron chi connectivity index (χ1n) is 6.19. The Morgan fingerprint density at radius 1 is 1.17 bits per heavy atom. The van der Waals surface area contributed by atoms with E-state index >= 15 is 0 Å². The fourth-order valence-electron chi connectivity index (χ4n) is 1.41. The summed E-state index contributed by atoms with van der Waals surface area (Å²) in [6.45, 7) is -0.901. The molecule has 2 rings (SSSR count). The summed E-state index contributed by atoms with van der Waals surface area (Å²) in [4.78, 5) is 27.1. The molecule has 128 valence electrons. The van der Waals surface area contributed by atoms with Crippen LogP contribution in [0, 0.1) is 0 Å². The number of hydrogen-bond donors (Lipinski definition) is 1. The van der Waals surface area contributed by atoms with Crippen LogP contribution < -0.4 is 10.1 Å². The topological polar surface area (TPSA) is 77.5 Å². The van der Waals surface area contributed by atoms with Crippen molar-refractivity contribution >= 4 is 79.1 Å². The lowest BCUT2D eigenvalue weighted by Gasteiger charge is -2.09. The van der Waals surface area contributed by atoms with E-state index in [0.29, 0.717) is 5.13 Å². The average molecular weight is 475 g/mol. The lowest BCUT2D eigenvalue weighted by atomic mass is 10.3. The fraction of sp³-hybridized carbons (Fsp3) is 0.154. The third-order valence-corrected chi connectivity index (χ3v) is 4.82. The van der Waals surface area contributed by atoms with Crippen LogP contribution in [0.2, 0.25) is 15.1 Å². The number of thiazole rings is 1. The van der Waals surface area contributed by atoms with Crippen molar-refractivity contribution in [2.24, 2.45) is 0 Å². The van der Waals surface area contributed by atoms with Crippen LogP contribution in [-0.4, -0.2) is 30.1 Å². The lowest BCUT2D eigenvalue weighted by molar-refractivity contribution is -0.149. The van der Waals surface area contributed by atoms with E-state index in [-0.39, 0.29) is 20.8 Å². The number of nitrogens with zero attached hydrogens (tertiary/aromatic N) is 1. The predicted octanol–water partition coefficient (Wildman–Crippen LogP) is 4.43. The second kappa shape index (κ2) is 8.87. The number of esters is 1. The van der Waals surface area contributed by atoms with Crippen LogP contribution in [0.25, 0.3) is 0 Å². The Kier molecular flexibility index (Phi) is 7.12. The predicted molar refractivity (Wildman–Crippen MR) is 96.4 cm³/mol. The van der Waals surface area contributed by atoms with Crippen molar-refractivity contribution in [2.75, 3.05) is 18.5 Å². The van der Waals surface area contributed by atoms with E-state index < -0.39 is 25.1 Å². The average Bonchev–Trinajstić information content (AvgIpc) is 2.92. The largest absolute Gasteiger partial charge is 0.480 e. The molecule has 2 aromatic rings. The minimum atomic E-state index is -0.743. The fourth-order valence-corrected chi connectivity index (χ4v) is 3.12. The molecule has 0 aliphatic carbocycles. The van der Waals surface area contributed by atoms with E-state index in [1.807, 2.05) is 0 Å². The van der Waals surface area contributed by atoms with Crippen molar-refractivity contribution in [3.63, 3.8) is 0 Å². The zero-order valence-electron chi connectivity index (χ0n) is 11.6. The highest BCUT2D eigenvalue weighted by Gasteiger charge is 2.12. The molecule has 11 heteroatoms. The molecule has 0 aliphatic rings. The normalized spacial score (nSPS) is 10.3. The molecule has 1 amide bonds. The number of carbonyl (C=O) groups excluding carboxylic acids is 2. The minimum Gasteiger partial charge on any atom is -0.480 e. The Labute approximate surface area is 164 Å². The number of anilines is 1. The van der Waals surface area contributed by atoms with E-state index in [0.717, 1.165) is 3.79 Å². The van der Waals surface area contributed by atoms with Crippen LogP contribution in [0.3, 0.4) is 0 Å². The molecular formula is C13H8BrCl3N2O4S. The lowest BCUT2D eigenvalue weighted by Crippen LogP contribution is -2.23. The quantitative estimate of drug-likeness (QED) is 0.495. The summed E-state index contributed by atoms with van der Waals surface area (Å²) < 4.78 is 10.7. The molecule has 0 saturated carbocycles. The summed E-state index contributed by atoms with van der Waals surface area (Å²) in [7, 11) is 0. The van der Waals surface area contributed by atoms with Gasteiger partial charge in [-0.05, 0) is 22.0 Å². The number of hydrogen-bond acceptors (Lipinski definition) is 6. The smallest absolute Gasteiger partial charge is 0.344 e. The van der Waals surface area contributed by atoms with Gasteiger partial charge in [0.05, 0.1) is 25.1 Å². The highest BCUT2D eigenvalue weighted by molar-refractivity contribution is 9.11. The number of halogens is 4. The molecule has 0 fully saturated rings. The maximum atomic E-state index is 11.6. The number of rotatable bonds is 6. The molecule has 0 aliphatic heterocycles. The Balaban J connectivity index is 1.77. The van der Waals surface area contributed by atoms with E-state index in [1.165, 1.54) is 23.5 Å². The van der Waals surface area contributed by atoms with Gasteiger partial charge in [-0.3, -0.25) is 10.1 Å². The monoisotopic (exact) mass is 472 g/mol. The first-order chi connectivity index (χ1) is 11.3. The van der Waals surface area contributed by atoms with Gasteiger partial charge >= 0.3 is 5.97 Å². The molecule has 1 aromatic heterocycles. The van der Waals surface area contributed by atoms with Gasteiger partial charge in [0.1, 0.15) is 5.75 Å². The summed E-state index contributed by atoms with van der Waals surface area (Å²) in [5, 5.41) is 3.57. The SMILES string of the molecule is O=C(COC(=O)COc1cc(Cl)c(Cl)cc1Cl)Nc1ncc(Br)s1. The van der Waals surface area contributed by atoms with Crippen LogP contribution in [0.1, 0.15) is 0 Å². The third-order valence-electron chi connectivity index (χ3n) is 2.41. The zero-order chi connectivity index (χ0) is 17.7. The Morgan fingerprint density at radius 3 is 2.54 bits per heavy atom. The van der Waals surface area contributed by atoms with Gasteiger partial charge in [-0.2, -0.15) is 0 Å². The second-order valence-corrected chi connectivity index (χ2v) is 7.80. The summed E-state index contributed by atoms with van der Waals surface area (Å²) >= 11 is 22.0. The zero-order valence-corrected chi connectivity index (χ0v) is 16.3. The van der Waals surface area contributed by atoms with E-state index in [4.69, 9.17) is 44.3 Å². The molecule has 0 bridgehead atoms. The van der Waals surface area contributed by atoms with E-state index in [2.05, 4.69) is 26.2 Å². The van der Waals surface area contributed by atoms with Gasteiger partial charge in [0.2, 0.25) is 0 Å². The summed E-state index contributed by atoms with van der Waals surface area (Å²) in [5.41, 5.74) is 0. The number of aromatic nitrogens is 1. The summed E-state index contributed by atoms with van der Waals surface area (Å²) in [5.74, 6) is -1.08. The molecule has 1 heterocycles. The van der Waals surface area contributed by atoms with Gasteiger partial charge in [-0.1, -0.05) is 46.1 Å². The highest BCUT2D eigenvalue weighted by Crippen LogP contribution is 2.33. The van der Waals surface area contributed by atoms with Gasteiger partial charge in [-0.25, -0.2) is 9.78 Å². The van der Waals surface area contributed by atoms with Crippen molar-refractivity contribution < 1.29 is 19.1 Å². The minimum absolute atomic E-state index is 0.181. The van der Waals surface area contributed by atoms with Crippen molar-refractivity contribution in [1.29, 1.82) is 0 Å².